The second-order valence-corrected chi connectivity index (χ2v) is 6.83. The van der Waals surface area contributed by atoms with Crippen LogP contribution in [0.1, 0.15) is 21.7 Å². The minimum absolute atomic E-state index is 0.0411. The molecule has 0 saturated carbocycles. The van der Waals surface area contributed by atoms with E-state index in [0.29, 0.717) is 0 Å². The lowest BCUT2D eigenvalue weighted by molar-refractivity contribution is 0.0690. The van der Waals surface area contributed by atoms with E-state index >= 15 is 0 Å². The van der Waals surface area contributed by atoms with Crippen LogP contribution < -0.4 is 0 Å². The zero-order chi connectivity index (χ0) is 19.1. The third-order valence-corrected chi connectivity index (χ3v) is 5.22. The smallest absolute Gasteiger partial charge is 0.354 e. The SMILES string of the molecule is O=C(O)c1cc(-n2c(-c3ccccc3)cc3c2CCc2cnccc2-3)ccn1. The average molecular weight is 367 g/mol. The molecule has 4 aromatic rings. The maximum Gasteiger partial charge on any atom is 0.354 e. The number of hydrogen-bond donors (Lipinski definition) is 1. The van der Waals surface area contributed by atoms with Crippen LogP contribution in [-0.4, -0.2) is 25.6 Å². The van der Waals surface area contributed by atoms with Crippen LogP contribution in [0.4, 0.5) is 0 Å². The first-order chi connectivity index (χ1) is 13.7. The maximum absolute atomic E-state index is 11.5. The molecular formula is C23H17N3O2. The predicted octanol–water partition coefficient (Wildman–Crippen LogP) is 4.40. The molecule has 0 saturated heterocycles. The Morgan fingerprint density at radius 1 is 0.964 bits per heavy atom. The summed E-state index contributed by atoms with van der Waals surface area (Å²) >= 11 is 0. The van der Waals surface area contributed by atoms with Gasteiger partial charge in [0.05, 0.1) is 5.69 Å². The van der Waals surface area contributed by atoms with Gasteiger partial charge in [-0.3, -0.25) is 4.98 Å². The van der Waals surface area contributed by atoms with Gasteiger partial charge in [0.15, 0.2) is 0 Å². The molecular weight excluding hydrogens is 350 g/mol. The number of carboxylic acids is 1. The Hall–Kier alpha value is -3.73. The highest BCUT2D eigenvalue weighted by atomic mass is 16.4. The van der Waals surface area contributed by atoms with Crippen molar-refractivity contribution in [1.29, 1.82) is 0 Å². The lowest BCUT2D eigenvalue weighted by Crippen LogP contribution is -2.10. The van der Waals surface area contributed by atoms with Crippen LogP contribution in [0.15, 0.2) is 73.2 Å². The summed E-state index contributed by atoms with van der Waals surface area (Å²) in [6.45, 7) is 0. The molecule has 1 N–H and O–H groups in total. The Kier molecular flexibility index (Phi) is 3.79. The number of pyridine rings is 2. The van der Waals surface area contributed by atoms with Crippen molar-refractivity contribution in [1.82, 2.24) is 14.5 Å². The molecule has 3 heterocycles. The highest BCUT2D eigenvalue weighted by Gasteiger charge is 2.24. The fraction of sp³-hybridized carbons (Fsp3) is 0.0870. The van der Waals surface area contributed by atoms with Crippen molar-refractivity contribution in [2.45, 2.75) is 12.8 Å². The fourth-order valence-electron chi connectivity index (χ4n) is 3.96. The Bertz CT molecular complexity index is 1200. The molecule has 5 rings (SSSR count). The van der Waals surface area contributed by atoms with E-state index in [9.17, 15) is 9.90 Å². The van der Waals surface area contributed by atoms with Crippen molar-refractivity contribution < 1.29 is 9.90 Å². The zero-order valence-electron chi connectivity index (χ0n) is 15.0. The number of nitrogens with zero attached hydrogens (tertiary/aromatic N) is 3. The quantitative estimate of drug-likeness (QED) is 0.583. The van der Waals surface area contributed by atoms with Crippen molar-refractivity contribution in [3.63, 3.8) is 0 Å². The monoisotopic (exact) mass is 367 g/mol. The molecule has 0 unspecified atom stereocenters. The summed E-state index contributed by atoms with van der Waals surface area (Å²) in [4.78, 5) is 19.7. The standard InChI is InChI=1S/C23H17N3O2/c27-23(28)20-12-17(8-11-25-20)26-21-7-6-16-14-24-10-9-18(16)19(21)13-22(26)15-4-2-1-3-5-15/h1-5,8-14H,6-7H2,(H,27,28). The zero-order valence-corrected chi connectivity index (χ0v) is 15.0. The van der Waals surface area contributed by atoms with E-state index in [1.54, 1.807) is 12.3 Å². The minimum atomic E-state index is -1.03. The highest BCUT2D eigenvalue weighted by molar-refractivity contribution is 5.86. The number of hydrogen-bond acceptors (Lipinski definition) is 3. The molecule has 0 amide bonds. The topological polar surface area (TPSA) is 68.0 Å². The van der Waals surface area contributed by atoms with Gasteiger partial charge in [-0.2, -0.15) is 0 Å². The summed E-state index contributed by atoms with van der Waals surface area (Å²) in [6, 6.07) is 17.9. The number of fused-ring (bicyclic) bond motifs is 3. The number of benzene rings is 1. The molecule has 136 valence electrons. The van der Waals surface area contributed by atoms with Gasteiger partial charge in [-0.15, -0.1) is 0 Å². The van der Waals surface area contributed by atoms with Gasteiger partial charge in [0.2, 0.25) is 0 Å². The summed E-state index contributed by atoms with van der Waals surface area (Å²) in [5.41, 5.74) is 7.77. The molecule has 0 radical (unpaired) electrons. The van der Waals surface area contributed by atoms with Crippen LogP contribution >= 0.6 is 0 Å². The summed E-state index contributed by atoms with van der Waals surface area (Å²) < 4.78 is 2.17. The van der Waals surface area contributed by atoms with Gasteiger partial charge in [0.25, 0.3) is 0 Å². The van der Waals surface area contributed by atoms with Crippen molar-refractivity contribution >= 4 is 5.97 Å². The number of aromatic nitrogens is 3. The summed E-state index contributed by atoms with van der Waals surface area (Å²) in [6.07, 6.45) is 7.09. The van der Waals surface area contributed by atoms with Gasteiger partial charge in [-0.1, -0.05) is 30.3 Å². The van der Waals surface area contributed by atoms with Crippen molar-refractivity contribution in [3.05, 3.63) is 90.1 Å². The molecule has 28 heavy (non-hydrogen) atoms. The van der Waals surface area contributed by atoms with Crippen LogP contribution in [-0.2, 0) is 12.8 Å². The molecule has 0 aliphatic heterocycles. The lowest BCUT2D eigenvalue weighted by atomic mass is 9.91. The van der Waals surface area contributed by atoms with Crippen LogP contribution in [0, 0.1) is 0 Å². The second-order valence-electron chi connectivity index (χ2n) is 6.83. The van der Waals surface area contributed by atoms with E-state index in [0.717, 1.165) is 29.8 Å². The fourth-order valence-corrected chi connectivity index (χ4v) is 3.96. The summed E-state index contributed by atoms with van der Waals surface area (Å²) in [5.74, 6) is -1.03. The van der Waals surface area contributed by atoms with Gasteiger partial charge in [0, 0.05) is 35.5 Å². The summed E-state index contributed by atoms with van der Waals surface area (Å²) in [5, 5.41) is 9.38. The minimum Gasteiger partial charge on any atom is -0.477 e. The first-order valence-corrected chi connectivity index (χ1v) is 9.15. The highest BCUT2D eigenvalue weighted by Crippen LogP contribution is 2.40. The molecule has 0 atom stereocenters. The van der Waals surface area contributed by atoms with Crippen LogP contribution in [0.5, 0.6) is 0 Å². The first kappa shape index (κ1) is 16.4. The Balaban J connectivity index is 1.80. The van der Waals surface area contributed by atoms with Gasteiger partial charge in [-0.05, 0) is 53.8 Å². The van der Waals surface area contributed by atoms with Crippen molar-refractivity contribution in [3.8, 4) is 28.1 Å². The summed E-state index contributed by atoms with van der Waals surface area (Å²) in [7, 11) is 0. The molecule has 1 aliphatic rings. The Morgan fingerprint density at radius 3 is 2.64 bits per heavy atom. The largest absolute Gasteiger partial charge is 0.477 e. The van der Waals surface area contributed by atoms with Crippen molar-refractivity contribution in [2.24, 2.45) is 0 Å². The predicted molar refractivity (Wildman–Crippen MR) is 107 cm³/mol. The van der Waals surface area contributed by atoms with Crippen LogP contribution in [0.2, 0.25) is 0 Å². The maximum atomic E-state index is 11.5. The third-order valence-electron chi connectivity index (χ3n) is 5.22. The van der Waals surface area contributed by atoms with E-state index in [1.165, 1.54) is 22.4 Å². The number of aryl methyl sites for hydroxylation is 1. The van der Waals surface area contributed by atoms with E-state index in [-0.39, 0.29) is 5.69 Å². The molecule has 1 aromatic carbocycles. The number of rotatable bonds is 3. The van der Waals surface area contributed by atoms with Gasteiger partial charge >= 0.3 is 5.97 Å². The number of carboxylic acid groups (broad SMARTS) is 1. The number of aromatic carboxylic acids is 1. The molecule has 5 nitrogen and oxygen atoms in total. The van der Waals surface area contributed by atoms with Crippen LogP contribution in [0.3, 0.4) is 0 Å². The molecule has 5 heteroatoms. The molecule has 3 aromatic heterocycles. The molecule has 1 aliphatic carbocycles. The Labute approximate surface area is 162 Å². The third kappa shape index (κ3) is 2.60. The molecule has 0 fully saturated rings. The molecule has 0 spiro atoms. The second kappa shape index (κ2) is 6.46. The normalized spacial score (nSPS) is 12.3. The Morgan fingerprint density at radius 2 is 1.82 bits per heavy atom. The average Bonchev–Trinajstić information content (AvgIpc) is 3.14. The van der Waals surface area contributed by atoms with Crippen LogP contribution in [0.25, 0.3) is 28.1 Å². The van der Waals surface area contributed by atoms with Crippen molar-refractivity contribution in [2.75, 3.05) is 0 Å². The lowest BCUT2D eigenvalue weighted by Gasteiger charge is -2.19. The number of carbonyl (C=O) groups is 1. The van der Waals surface area contributed by atoms with E-state index in [2.05, 4.69) is 38.8 Å². The van der Waals surface area contributed by atoms with E-state index in [1.807, 2.05) is 36.7 Å². The van der Waals surface area contributed by atoms with E-state index in [4.69, 9.17) is 0 Å². The molecule has 0 bridgehead atoms. The first-order valence-electron chi connectivity index (χ1n) is 9.15. The van der Waals surface area contributed by atoms with Gasteiger partial charge in [-0.25, -0.2) is 9.78 Å². The van der Waals surface area contributed by atoms with E-state index < -0.39 is 5.97 Å². The van der Waals surface area contributed by atoms with Gasteiger partial charge in [0.1, 0.15) is 5.69 Å². The van der Waals surface area contributed by atoms with Gasteiger partial charge < -0.3 is 9.67 Å².